The van der Waals surface area contributed by atoms with E-state index in [0.717, 1.165) is 49.0 Å². The van der Waals surface area contributed by atoms with E-state index in [1.165, 1.54) is 12.0 Å². The molecule has 0 radical (unpaired) electrons. The summed E-state index contributed by atoms with van der Waals surface area (Å²) in [5.41, 5.74) is 2.24. The van der Waals surface area contributed by atoms with E-state index in [9.17, 15) is 0 Å². The Morgan fingerprint density at radius 3 is 3.08 bits per heavy atom. The molecule has 1 aliphatic heterocycles. The lowest BCUT2D eigenvalue weighted by molar-refractivity contribution is 0.315. The van der Waals surface area contributed by atoms with Crippen LogP contribution in [0, 0.1) is 5.92 Å². The highest BCUT2D eigenvalue weighted by molar-refractivity contribution is 5.52. The van der Waals surface area contributed by atoms with Crippen molar-refractivity contribution < 1.29 is 4.74 Å². The summed E-state index contributed by atoms with van der Waals surface area (Å²) in [5.74, 6) is 3.20. The largest absolute Gasteiger partial charge is 0.497 e. The molecule has 0 amide bonds. The maximum Gasteiger partial charge on any atom is 0.182 e. The minimum Gasteiger partial charge on any atom is -0.497 e. The highest BCUT2D eigenvalue weighted by Crippen LogP contribution is 2.23. The molecule has 1 unspecified atom stereocenters. The van der Waals surface area contributed by atoms with E-state index >= 15 is 0 Å². The van der Waals surface area contributed by atoms with Crippen molar-refractivity contribution in [3.05, 3.63) is 60.2 Å². The second-order valence-electron chi connectivity index (χ2n) is 6.79. The number of hydrogen-bond donors (Lipinski definition) is 1. The first-order chi connectivity index (χ1) is 12.8. The SMILES string of the molecule is COc1cccc(CN2CCC(Cc3nc(-c4cccnc4)n[nH]3)C2)c1. The number of pyridine rings is 1. The zero-order chi connectivity index (χ0) is 17.8. The highest BCUT2D eigenvalue weighted by Gasteiger charge is 2.24. The Labute approximate surface area is 153 Å². The van der Waals surface area contributed by atoms with Gasteiger partial charge < -0.3 is 4.74 Å². The first kappa shape index (κ1) is 16.7. The van der Waals surface area contributed by atoms with Gasteiger partial charge in [0.2, 0.25) is 0 Å². The maximum absolute atomic E-state index is 5.32. The van der Waals surface area contributed by atoms with Crippen molar-refractivity contribution in [2.45, 2.75) is 19.4 Å². The van der Waals surface area contributed by atoms with E-state index in [1.807, 2.05) is 18.2 Å². The molecule has 1 fully saturated rings. The Balaban J connectivity index is 1.34. The molecule has 3 heterocycles. The van der Waals surface area contributed by atoms with Gasteiger partial charge in [0.15, 0.2) is 5.82 Å². The summed E-state index contributed by atoms with van der Waals surface area (Å²) in [5, 5.41) is 7.42. The van der Waals surface area contributed by atoms with Crippen LogP contribution in [0.4, 0.5) is 0 Å². The number of rotatable bonds is 6. The summed E-state index contributed by atoms with van der Waals surface area (Å²) >= 11 is 0. The van der Waals surface area contributed by atoms with Crippen molar-refractivity contribution in [2.24, 2.45) is 5.92 Å². The molecule has 6 nitrogen and oxygen atoms in total. The van der Waals surface area contributed by atoms with Crippen molar-refractivity contribution >= 4 is 0 Å². The summed E-state index contributed by atoms with van der Waals surface area (Å²) in [6.45, 7) is 3.16. The Hall–Kier alpha value is -2.73. The first-order valence-electron chi connectivity index (χ1n) is 8.97. The lowest BCUT2D eigenvalue weighted by atomic mass is 10.1. The van der Waals surface area contributed by atoms with Crippen molar-refractivity contribution in [1.29, 1.82) is 0 Å². The van der Waals surface area contributed by atoms with Gasteiger partial charge in [-0.05, 0) is 48.7 Å². The van der Waals surface area contributed by atoms with Crippen LogP contribution >= 0.6 is 0 Å². The van der Waals surface area contributed by atoms with Crippen LogP contribution in [0.3, 0.4) is 0 Å². The second kappa shape index (κ2) is 7.66. The number of aromatic nitrogens is 4. The predicted octanol–water partition coefficient (Wildman–Crippen LogP) is 2.94. The van der Waals surface area contributed by atoms with Crippen molar-refractivity contribution in [3.63, 3.8) is 0 Å². The number of nitrogens with zero attached hydrogens (tertiary/aromatic N) is 4. The topological polar surface area (TPSA) is 66.9 Å². The van der Waals surface area contributed by atoms with E-state index in [0.29, 0.717) is 5.92 Å². The van der Waals surface area contributed by atoms with Gasteiger partial charge in [-0.25, -0.2) is 4.98 Å². The second-order valence-corrected chi connectivity index (χ2v) is 6.79. The molecule has 3 aromatic rings. The summed E-state index contributed by atoms with van der Waals surface area (Å²) in [7, 11) is 1.71. The van der Waals surface area contributed by atoms with E-state index in [1.54, 1.807) is 19.5 Å². The molecule has 4 rings (SSSR count). The molecule has 1 aromatic carbocycles. The van der Waals surface area contributed by atoms with Gasteiger partial charge >= 0.3 is 0 Å². The van der Waals surface area contributed by atoms with Crippen LogP contribution in [-0.4, -0.2) is 45.3 Å². The third kappa shape index (κ3) is 3.91. The number of ether oxygens (including phenoxy) is 1. The van der Waals surface area contributed by atoms with Crippen LogP contribution in [0.15, 0.2) is 48.8 Å². The molecule has 26 heavy (non-hydrogen) atoms. The minimum atomic E-state index is 0.607. The smallest absolute Gasteiger partial charge is 0.182 e. The number of nitrogens with one attached hydrogen (secondary N) is 1. The highest BCUT2D eigenvalue weighted by atomic mass is 16.5. The Morgan fingerprint density at radius 2 is 2.23 bits per heavy atom. The van der Waals surface area contributed by atoms with Gasteiger partial charge in [0.05, 0.1) is 7.11 Å². The van der Waals surface area contributed by atoms with Crippen LogP contribution in [0.2, 0.25) is 0 Å². The van der Waals surface area contributed by atoms with Gasteiger partial charge in [0, 0.05) is 37.5 Å². The van der Waals surface area contributed by atoms with Gasteiger partial charge in [0.25, 0.3) is 0 Å². The molecule has 2 aromatic heterocycles. The van der Waals surface area contributed by atoms with Gasteiger partial charge in [-0.3, -0.25) is 15.0 Å². The van der Waals surface area contributed by atoms with Gasteiger partial charge in [-0.15, -0.1) is 0 Å². The number of benzene rings is 1. The van der Waals surface area contributed by atoms with Gasteiger partial charge in [-0.1, -0.05) is 12.1 Å². The molecule has 0 spiro atoms. The number of hydrogen-bond acceptors (Lipinski definition) is 5. The lowest BCUT2D eigenvalue weighted by Crippen LogP contribution is -2.20. The molecule has 6 heteroatoms. The summed E-state index contributed by atoms with van der Waals surface area (Å²) < 4.78 is 5.32. The van der Waals surface area contributed by atoms with Gasteiger partial charge in [-0.2, -0.15) is 5.10 Å². The molecular formula is C20H23N5O. The fraction of sp³-hybridized carbons (Fsp3) is 0.350. The summed E-state index contributed by atoms with van der Waals surface area (Å²) in [6.07, 6.45) is 5.67. The third-order valence-corrected chi connectivity index (χ3v) is 4.84. The average Bonchev–Trinajstić information content (AvgIpc) is 3.33. The zero-order valence-electron chi connectivity index (χ0n) is 14.9. The molecule has 1 saturated heterocycles. The Bertz CT molecular complexity index is 848. The lowest BCUT2D eigenvalue weighted by Gasteiger charge is -2.16. The normalized spacial score (nSPS) is 17.5. The number of H-pyrrole nitrogens is 1. The minimum absolute atomic E-state index is 0.607. The molecule has 1 aliphatic rings. The monoisotopic (exact) mass is 349 g/mol. The van der Waals surface area contributed by atoms with Crippen LogP contribution in [0.25, 0.3) is 11.4 Å². The molecular weight excluding hydrogens is 326 g/mol. The van der Waals surface area contributed by atoms with Crippen LogP contribution in [0.5, 0.6) is 5.75 Å². The summed E-state index contributed by atoms with van der Waals surface area (Å²) in [4.78, 5) is 11.3. The molecule has 134 valence electrons. The van der Waals surface area contributed by atoms with Crippen LogP contribution in [-0.2, 0) is 13.0 Å². The number of aromatic amines is 1. The average molecular weight is 349 g/mol. The van der Waals surface area contributed by atoms with E-state index in [2.05, 4.69) is 43.3 Å². The maximum atomic E-state index is 5.32. The van der Waals surface area contributed by atoms with E-state index in [-0.39, 0.29) is 0 Å². The van der Waals surface area contributed by atoms with Crippen LogP contribution in [0.1, 0.15) is 17.8 Å². The quantitative estimate of drug-likeness (QED) is 0.741. The van der Waals surface area contributed by atoms with E-state index in [4.69, 9.17) is 4.74 Å². The van der Waals surface area contributed by atoms with E-state index < -0.39 is 0 Å². The third-order valence-electron chi connectivity index (χ3n) is 4.84. The Kier molecular flexibility index (Phi) is 4.93. The standard InChI is InChI=1S/C20H23N5O/c1-26-18-6-2-4-15(10-18)13-25-9-7-16(14-25)11-19-22-20(24-23-19)17-5-3-8-21-12-17/h2-6,8,10,12,16H,7,9,11,13-14H2,1H3,(H,22,23,24). The fourth-order valence-corrected chi connectivity index (χ4v) is 3.54. The van der Waals surface area contributed by atoms with Crippen LogP contribution < -0.4 is 4.74 Å². The van der Waals surface area contributed by atoms with Gasteiger partial charge in [0.1, 0.15) is 11.6 Å². The molecule has 0 saturated carbocycles. The number of likely N-dealkylation sites (tertiary alicyclic amines) is 1. The first-order valence-corrected chi connectivity index (χ1v) is 8.97. The fourth-order valence-electron chi connectivity index (χ4n) is 3.54. The van der Waals surface area contributed by atoms with Crippen molar-refractivity contribution in [1.82, 2.24) is 25.1 Å². The van der Waals surface area contributed by atoms with Crippen molar-refractivity contribution in [2.75, 3.05) is 20.2 Å². The predicted molar refractivity (Wildman–Crippen MR) is 99.7 cm³/mol. The summed E-state index contributed by atoms with van der Waals surface area (Å²) in [6, 6.07) is 12.2. The molecule has 1 N–H and O–H groups in total. The molecule has 0 bridgehead atoms. The van der Waals surface area contributed by atoms with Crippen molar-refractivity contribution in [3.8, 4) is 17.1 Å². The Morgan fingerprint density at radius 1 is 1.27 bits per heavy atom. The number of methoxy groups -OCH3 is 1. The molecule has 0 aliphatic carbocycles. The zero-order valence-corrected chi connectivity index (χ0v) is 14.9. The molecule has 1 atom stereocenters.